The zero-order valence-electron chi connectivity index (χ0n) is 17.6. The Labute approximate surface area is 179 Å². The molecule has 2 N–H and O–H groups in total. The summed E-state index contributed by atoms with van der Waals surface area (Å²) < 4.78 is 39.6. The number of likely N-dealkylation sites (tertiary alicyclic amines) is 1. The highest BCUT2D eigenvalue weighted by Crippen LogP contribution is 2.35. The van der Waals surface area contributed by atoms with Crippen molar-refractivity contribution in [2.24, 2.45) is 5.41 Å². The first kappa shape index (κ1) is 22.7. The van der Waals surface area contributed by atoms with Crippen LogP contribution < -0.4 is 10.6 Å². The Morgan fingerprint density at radius 2 is 1.77 bits per heavy atom. The van der Waals surface area contributed by atoms with Crippen LogP contribution in [0.1, 0.15) is 36.5 Å². The van der Waals surface area contributed by atoms with E-state index in [1.54, 1.807) is 6.92 Å². The monoisotopic (exact) mass is 433 g/mol. The molecular formula is C23H26F3N3O2. The molecule has 1 atom stereocenters. The van der Waals surface area contributed by atoms with Crippen LogP contribution in [0.4, 0.5) is 23.7 Å². The smallest absolute Gasteiger partial charge is 0.351 e. The Hall–Kier alpha value is -3.03. The van der Waals surface area contributed by atoms with E-state index in [2.05, 4.69) is 10.6 Å². The largest absolute Gasteiger partial charge is 0.418 e. The van der Waals surface area contributed by atoms with E-state index in [1.165, 1.54) is 23.1 Å². The van der Waals surface area contributed by atoms with Gasteiger partial charge in [0.1, 0.15) is 0 Å². The van der Waals surface area contributed by atoms with Gasteiger partial charge >= 0.3 is 12.2 Å². The van der Waals surface area contributed by atoms with Gasteiger partial charge in [-0.05, 0) is 44.4 Å². The molecule has 1 saturated heterocycles. The lowest BCUT2D eigenvalue weighted by molar-refractivity contribution is -0.137. The van der Waals surface area contributed by atoms with Crippen molar-refractivity contribution in [1.29, 1.82) is 0 Å². The zero-order valence-corrected chi connectivity index (χ0v) is 17.6. The number of amides is 3. The average Bonchev–Trinajstić information content (AvgIpc) is 2.72. The molecule has 2 aromatic carbocycles. The van der Waals surface area contributed by atoms with Crippen LogP contribution in [-0.2, 0) is 17.5 Å². The molecule has 5 nitrogen and oxygen atoms in total. The van der Waals surface area contributed by atoms with E-state index in [0.29, 0.717) is 25.9 Å². The van der Waals surface area contributed by atoms with Crippen LogP contribution in [-0.4, -0.2) is 29.9 Å². The molecule has 0 unspecified atom stereocenters. The van der Waals surface area contributed by atoms with Crippen LogP contribution in [0.25, 0.3) is 0 Å². The molecule has 1 heterocycles. The third kappa shape index (κ3) is 5.57. The van der Waals surface area contributed by atoms with Gasteiger partial charge in [0.2, 0.25) is 5.91 Å². The molecule has 8 heteroatoms. The number of para-hydroxylation sites is 1. The lowest BCUT2D eigenvalue weighted by Crippen LogP contribution is -2.52. The fourth-order valence-electron chi connectivity index (χ4n) is 3.73. The average molecular weight is 433 g/mol. The molecule has 166 valence electrons. The first-order valence-electron chi connectivity index (χ1n) is 10.1. The molecule has 31 heavy (non-hydrogen) atoms. The summed E-state index contributed by atoms with van der Waals surface area (Å²) in [4.78, 5) is 26.9. The Balaban J connectivity index is 1.64. The molecule has 0 saturated carbocycles. The van der Waals surface area contributed by atoms with Crippen LogP contribution in [0, 0.1) is 12.3 Å². The summed E-state index contributed by atoms with van der Waals surface area (Å²) in [5, 5.41) is 5.28. The van der Waals surface area contributed by atoms with Gasteiger partial charge in [-0.3, -0.25) is 4.79 Å². The quantitative estimate of drug-likeness (QED) is 0.716. The van der Waals surface area contributed by atoms with Crippen molar-refractivity contribution in [2.45, 2.75) is 39.4 Å². The minimum atomic E-state index is -4.57. The summed E-state index contributed by atoms with van der Waals surface area (Å²) >= 11 is 0. The predicted octanol–water partition coefficient (Wildman–Crippen LogP) is 4.96. The molecule has 0 spiro atoms. The second-order valence-electron chi connectivity index (χ2n) is 8.23. The first-order chi connectivity index (χ1) is 14.6. The van der Waals surface area contributed by atoms with Crippen molar-refractivity contribution in [3.63, 3.8) is 0 Å². The number of alkyl halides is 3. The molecular weight excluding hydrogens is 407 g/mol. The van der Waals surface area contributed by atoms with Crippen LogP contribution in [0.5, 0.6) is 0 Å². The first-order valence-corrected chi connectivity index (χ1v) is 10.1. The summed E-state index contributed by atoms with van der Waals surface area (Å²) in [5.41, 5.74) is 0.0824. The Morgan fingerprint density at radius 1 is 1.10 bits per heavy atom. The lowest BCUT2D eigenvalue weighted by Gasteiger charge is -2.39. The second kappa shape index (κ2) is 8.99. The highest BCUT2D eigenvalue weighted by molar-refractivity contribution is 5.91. The summed E-state index contributed by atoms with van der Waals surface area (Å²) in [6.45, 7) is 4.65. The SMILES string of the molecule is Cc1ccc(CNC(=O)[C@@]2(C)CCCN(C(=O)Nc3ccccc3C(F)(F)F)C2)cc1. The third-order valence-electron chi connectivity index (χ3n) is 5.58. The van der Waals surface area contributed by atoms with Gasteiger partial charge in [-0.25, -0.2) is 4.79 Å². The summed E-state index contributed by atoms with van der Waals surface area (Å²) in [5.74, 6) is -0.179. The number of rotatable bonds is 4. The van der Waals surface area contributed by atoms with Crippen molar-refractivity contribution >= 4 is 17.6 Å². The number of nitrogens with zero attached hydrogens (tertiary/aromatic N) is 1. The topological polar surface area (TPSA) is 61.4 Å². The molecule has 0 radical (unpaired) electrons. The Bertz CT molecular complexity index is 944. The third-order valence-corrected chi connectivity index (χ3v) is 5.58. The number of carbonyl (C=O) groups is 2. The zero-order chi connectivity index (χ0) is 22.6. The maximum atomic E-state index is 13.2. The molecule has 3 amide bonds. The molecule has 0 aromatic heterocycles. The van der Waals surface area contributed by atoms with Gasteiger partial charge in [0.25, 0.3) is 0 Å². The Morgan fingerprint density at radius 3 is 2.45 bits per heavy atom. The van der Waals surface area contributed by atoms with Crippen molar-refractivity contribution in [3.05, 3.63) is 65.2 Å². The van der Waals surface area contributed by atoms with Crippen LogP contribution in [0.3, 0.4) is 0 Å². The second-order valence-corrected chi connectivity index (χ2v) is 8.23. The van der Waals surface area contributed by atoms with Crippen molar-refractivity contribution in [1.82, 2.24) is 10.2 Å². The van der Waals surface area contributed by atoms with Crippen molar-refractivity contribution in [3.8, 4) is 0 Å². The number of hydrogen-bond donors (Lipinski definition) is 2. The number of benzene rings is 2. The van der Waals surface area contributed by atoms with E-state index in [1.807, 2.05) is 31.2 Å². The van der Waals surface area contributed by atoms with Gasteiger partial charge < -0.3 is 15.5 Å². The molecule has 3 rings (SSSR count). The van der Waals surface area contributed by atoms with E-state index in [4.69, 9.17) is 0 Å². The van der Waals surface area contributed by atoms with E-state index >= 15 is 0 Å². The number of halogens is 3. The van der Waals surface area contributed by atoms with Gasteiger partial charge in [-0.2, -0.15) is 13.2 Å². The number of nitrogens with one attached hydrogen (secondary N) is 2. The summed E-state index contributed by atoms with van der Waals surface area (Å²) in [6, 6.07) is 12.0. The van der Waals surface area contributed by atoms with Crippen molar-refractivity contribution < 1.29 is 22.8 Å². The fraction of sp³-hybridized carbons (Fsp3) is 0.391. The van der Waals surface area contributed by atoms with E-state index < -0.39 is 23.2 Å². The molecule has 2 aromatic rings. The normalized spacial score (nSPS) is 19.1. The van der Waals surface area contributed by atoms with Gasteiger partial charge in [-0.1, -0.05) is 42.0 Å². The minimum Gasteiger partial charge on any atom is -0.351 e. The number of aryl methyl sites for hydroxylation is 1. The number of hydrogen-bond acceptors (Lipinski definition) is 2. The standard InChI is InChI=1S/C23H26F3N3O2/c1-16-8-10-17(11-9-16)14-27-20(30)22(2)12-5-13-29(15-22)21(31)28-19-7-4-3-6-18(19)23(24,25)26/h3-4,6-11H,5,12-15H2,1-2H3,(H,27,30)(H,28,31)/t22-/m0/s1. The molecule has 0 bridgehead atoms. The van der Waals surface area contributed by atoms with Crippen molar-refractivity contribution in [2.75, 3.05) is 18.4 Å². The predicted molar refractivity (Wildman–Crippen MR) is 112 cm³/mol. The molecule has 1 aliphatic rings. The summed E-state index contributed by atoms with van der Waals surface area (Å²) in [6.07, 6.45) is -3.39. The van der Waals surface area contributed by atoms with Gasteiger partial charge in [0.15, 0.2) is 0 Å². The van der Waals surface area contributed by atoms with Gasteiger partial charge in [-0.15, -0.1) is 0 Å². The maximum absolute atomic E-state index is 13.2. The lowest BCUT2D eigenvalue weighted by atomic mass is 9.81. The fourth-order valence-corrected chi connectivity index (χ4v) is 3.73. The van der Waals surface area contributed by atoms with Gasteiger partial charge in [0, 0.05) is 19.6 Å². The number of anilines is 1. The summed E-state index contributed by atoms with van der Waals surface area (Å²) in [7, 11) is 0. The number of urea groups is 1. The Kier molecular flexibility index (Phi) is 6.57. The number of piperidine rings is 1. The molecule has 0 aliphatic carbocycles. The highest BCUT2D eigenvalue weighted by atomic mass is 19.4. The highest BCUT2D eigenvalue weighted by Gasteiger charge is 2.40. The van der Waals surface area contributed by atoms with Crippen LogP contribution in [0.2, 0.25) is 0 Å². The van der Waals surface area contributed by atoms with Crippen LogP contribution >= 0.6 is 0 Å². The molecule has 1 aliphatic heterocycles. The van der Waals surface area contributed by atoms with Gasteiger partial charge in [0.05, 0.1) is 16.7 Å². The van der Waals surface area contributed by atoms with E-state index in [9.17, 15) is 22.8 Å². The minimum absolute atomic E-state index is 0.132. The van der Waals surface area contributed by atoms with E-state index in [0.717, 1.165) is 17.2 Å². The number of carbonyl (C=O) groups excluding carboxylic acids is 2. The van der Waals surface area contributed by atoms with Crippen LogP contribution in [0.15, 0.2) is 48.5 Å². The van der Waals surface area contributed by atoms with E-state index in [-0.39, 0.29) is 18.1 Å². The maximum Gasteiger partial charge on any atom is 0.418 e. The molecule has 1 fully saturated rings.